The molecule has 0 saturated heterocycles. The summed E-state index contributed by atoms with van der Waals surface area (Å²) >= 11 is 0. The van der Waals surface area contributed by atoms with Crippen molar-refractivity contribution < 1.29 is 28.6 Å². The van der Waals surface area contributed by atoms with Crippen molar-refractivity contribution in [3.8, 4) is 0 Å². The fourth-order valence-electron chi connectivity index (χ4n) is 7.45. The fourth-order valence-corrected chi connectivity index (χ4v) is 7.45. The third kappa shape index (κ3) is 54.7. The van der Waals surface area contributed by atoms with Crippen LogP contribution in [0.25, 0.3) is 0 Å². The molecule has 0 amide bonds. The van der Waals surface area contributed by atoms with Crippen molar-refractivity contribution >= 4 is 17.9 Å². The molecule has 0 aromatic heterocycles. The zero-order valence-corrected chi connectivity index (χ0v) is 45.2. The van der Waals surface area contributed by atoms with Crippen LogP contribution >= 0.6 is 0 Å². The van der Waals surface area contributed by atoms with Crippen LogP contribution in [-0.4, -0.2) is 37.2 Å². The van der Waals surface area contributed by atoms with Gasteiger partial charge < -0.3 is 14.2 Å². The molecule has 6 heteroatoms. The lowest BCUT2D eigenvalue weighted by Gasteiger charge is -2.18. The van der Waals surface area contributed by atoms with Crippen LogP contribution in [0.5, 0.6) is 0 Å². The number of unbranched alkanes of at least 4 members (excludes halogenated alkanes) is 19. The molecule has 0 heterocycles. The van der Waals surface area contributed by atoms with Crippen molar-refractivity contribution in [2.45, 2.75) is 252 Å². The van der Waals surface area contributed by atoms with Gasteiger partial charge in [0.25, 0.3) is 0 Å². The van der Waals surface area contributed by atoms with Gasteiger partial charge in [0.2, 0.25) is 0 Å². The summed E-state index contributed by atoms with van der Waals surface area (Å²) in [5.41, 5.74) is 0. The van der Waals surface area contributed by atoms with Crippen molar-refractivity contribution in [1.29, 1.82) is 0 Å². The SMILES string of the molecule is CC/C=C\C/C=C\C/C=C\C/C=C\C/C=C\CCCCCC(=O)OCC(COC(=O)CCCCC/C=C\C/C=C\C/C=C\C/C=C\CC)OC(=O)CCCCCCCCC/C=C\CCCCCCCC. The Kier molecular flexibility index (Phi) is 54.0. The number of rotatable bonds is 50. The third-order valence-corrected chi connectivity index (χ3v) is 11.7. The van der Waals surface area contributed by atoms with Crippen LogP contribution in [0.4, 0.5) is 0 Å². The zero-order valence-electron chi connectivity index (χ0n) is 45.2. The molecule has 1 unspecified atom stereocenters. The summed E-state index contributed by atoms with van der Waals surface area (Å²) in [5.74, 6) is -0.976. The van der Waals surface area contributed by atoms with Gasteiger partial charge in [0.15, 0.2) is 6.10 Å². The molecule has 0 aliphatic heterocycles. The van der Waals surface area contributed by atoms with Gasteiger partial charge in [-0.2, -0.15) is 0 Å². The minimum atomic E-state index is -0.811. The maximum Gasteiger partial charge on any atom is 0.306 e. The first kappa shape index (κ1) is 65.8. The minimum Gasteiger partial charge on any atom is -0.462 e. The van der Waals surface area contributed by atoms with Gasteiger partial charge in [-0.3, -0.25) is 14.4 Å². The predicted molar refractivity (Wildman–Crippen MR) is 302 cm³/mol. The second-order valence-electron chi connectivity index (χ2n) is 18.4. The van der Waals surface area contributed by atoms with Crippen LogP contribution in [0.3, 0.4) is 0 Å². The summed E-state index contributed by atoms with van der Waals surface area (Å²) in [6.07, 6.45) is 79.0. The Morgan fingerprint density at radius 1 is 0.300 bits per heavy atom. The number of allylic oxidation sites excluding steroid dienone is 20. The second-order valence-corrected chi connectivity index (χ2v) is 18.4. The highest BCUT2D eigenvalue weighted by atomic mass is 16.6. The van der Waals surface area contributed by atoms with E-state index in [4.69, 9.17) is 14.2 Å². The molecule has 0 aliphatic carbocycles. The van der Waals surface area contributed by atoms with Crippen molar-refractivity contribution in [1.82, 2.24) is 0 Å². The molecule has 0 radical (unpaired) electrons. The molecule has 0 rings (SSSR count). The zero-order chi connectivity index (χ0) is 50.7. The van der Waals surface area contributed by atoms with Gasteiger partial charge in [0.1, 0.15) is 13.2 Å². The van der Waals surface area contributed by atoms with E-state index in [0.29, 0.717) is 19.3 Å². The number of hydrogen-bond donors (Lipinski definition) is 0. The number of ether oxygens (including phenoxy) is 3. The van der Waals surface area contributed by atoms with Crippen LogP contribution < -0.4 is 0 Å². The first-order valence-electron chi connectivity index (χ1n) is 28.5. The third-order valence-electron chi connectivity index (χ3n) is 11.7. The topological polar surface area (TPSA) is 78.9 Å². The Balaban J connectivity index is 4.52. The number of carbonyl (C=O) groups is 3. The quantitative estimate of drug-likeness (QED) is 0.0262. The van der Waals surface area contributed by atoms with Gasteiger partial charge >= 0.3 is 17.9 Å². The number of carbonyl (C=O) groups excluding carboxylic acids is 3. The standard InChI is InChI=1S/C64H104O6/c1-4-7-10-13-16-19-22-25-28-31-32-34-36-39-42-45-48-51-54-57-63(66)69-60-61(59-68-62(65)56-53-50-47-44-41-38-35-30-27-24-21-18-15-12-9-6-3)70-64(67)58-55-52-49-46-43-40-37-33-29-26-23-20-17-14-11-8-5-2/h7,9-10,12,16,18-19,21,25-30,32,34,38-39,41-42,61H,4-6,8,11,13-15,17,20,22-24,31,33,35-37,40,43-60H2,1-3H3/b10-7-,12-9-,19-16-,21-18-,28-25-,29-26-,30-27-,34-32-,41-38-,42-39-. The van der Waals surface area contributed by atoms with E-state index in [1.165, 1.54) is 77.0 Å². The normalized spacial score (nSPS) is 13.0. The van der Waals surface area contributed by atoms with Gasteiger partial charge in [0.05, 0.1) is 0 Å². The van der Waals surface area contributed by atoms with Gasteiger partial charge in [-0.25, -0.2) is 0 Å². The average Bonchev–Trinajstić information content (AvgIpc) is 3.36. The number of esters is 3. The minimum absolute atomic E-state index is 0.110. The molecule has 0 aromatic rings. The molecule has 1 atom stereocenters. The van der Waals surface area contributed by atoms with Gasteiger partial charge in [-0.15, -0.1) is 0 Å². The molecule has 396 valence electrons. The predicted octanol–water partition coefficient (Wildman–Crippen LogP) is 19.3. The highest BCUT2D eigenvalue weighted by Gasteiger charge is 2.19. The lowest BCUT2D eigenvalue weighted by molar-refractivity contribution is -0.167. The summed E-state index contributed by atoms with van der Waals surface area (Å²) in [6, 6.07) is 0. The van der Waals surface area contributed by atoms with E-state index in [1.807, 2.05) is 0 Å². The van der Waals surface area contributed by atoms with Crippen LogP contribution in [0.1, 0.15) is 245 Å². The summed E-state index contributed by atoms with van der Waals surface area (Å²) < 4.78 is 16.8. The van der Waals surface area contributed by atoms with Crippen molar-refractivity contribution in [2.24, 2.45) is 0 Å². The maximum atomic E-state index is 12.9. The van der Waals surface area contributed by atoms with Crippen molar-refractivity contribution in [3.05, 3.63) is 122 Å². The largest absolute Gasteiger partial charge is 0.462 e. The Labute approximate surface area is 431 Å². The summed E-state index contributed by atoms with van der Waals surface area (Å²) in [7, 11) is 0. The van der Waals surface area contributed by atoms with Crippen molar-refractivity contribution in [2.75, 3.05) is 13.2 Å². The Morgan fingerprint density at radius 2 is 0.557 bits per heavy atom. The van der Waals surface area contributed by atoms with Crippen molar-refractivity contribution in [3.63, 3.8) is 0 Å². The van der Waals surface area contributed by atoms with E-state index in [0.717, 1.165) is 128 Å². The van der Waals surface area contributed by atoms with Crippen LogP contribution in [0.2, 0.25) is 0 Å². The van der Waals surface area contributed by atoms with Crippen LogP contribution in [0.15, 0.2) is 122 Å². The van der Waals surface area contributed by atoms with Gasteiger partial charge in [-0.05, 0) is 128 Å². The highest BCUT2D eigenvalue weighted by molar-refractivity contribution is 5.71. The molecule has 0 bridgehead atoms. The molecule has 0 fully saturated rings. The van der Waals surface area contributed by atoms with Gasteiger partial charge in [0, 0.05) is 19.3 Å². The molecule has 6 nitrogen and oxygen atoms in total. The van der Waals surface area contributed by atoms with E-state index < -0.39 is 6.10 Å². The van der Waals surface area contributed by atoms with Crippen LogP contribution in [-0.2, 0) is 28.6 Å². The van der Waals surface area contributed by atoms with Gasteiger partial charge in [-0.1, -0.05) is 219 Å². The Morgan fingerprint density at radius 3 is 0.900 bits per heavy atom. The second kappa shape index (κ2) is 57.4. The molecule has 0 spiro atoms. The van der Waals surface area contributed by atoms with E-state index in [1.54, 1.807) is 0 Å². The maximum absolute atomic E-state index is 12.9. The molecule has 70 heavy (non-hydrogen) atoms. The first-order chi connectivity index (χ1) is 34.5. The Bertz CT molecular complexity index is 1490. The van der Waals surface area contributed by atoms with E-state index in [-0.39, 0.29) is 31.1 Å². The lowest BCUT2D eigenvalue weighted by atomic mass is 10.1. The summed E-state index contributed by atoms with van der Waals surface area (Å²) in [5, 5.41) is 0. The van der Waals surface area contributed by atoms with E-state index in [2.05, 4.69) is 142 Å². The summed E-state index contributed by atoms with van der Waals surface area (Å²) in [4.78, 5) is 38.2. The highest BCUT2D eigenvalue weighted by Crippen LogP contribution is 2.14. The van der Waals surface area contributed by atoms with E-state index in [9.17, 15) is 14.4 Å². The average molecular weight is 970 g/mol. The summed E-state index contributed by atoms with van der Waals surface area (Å²) in [6.45, 7) is 6.35. The monoisotopic (exact) mass is 969 g/mol. The van der Waals surface area contributed by atoms with E-state index >= 15 is 0 Å². The molecule has 0 saturated carbocycles. The molecule has 0 N–H and O–H groups in total. The molecule has 0 aromatic carbocycles. The first-order valence-corrected chi connectivity index (χ1v) is 28.5. The smallest absolute Gasteiger partial charge is 0.306 e. The Hall–Kier alpha value is -4.19. The van der Waals surface area contributed by atoms with Crippen LogP contribution in [0, 0.1) is 0 Å². The fraction of sp³-hybridized carbons (Fsp3) is 0.641. The lowest BCUT2D eigenvalue weighted by Crippen LogP contribution is -2.30. The molecular formula is C64H104O6. The number of hydrogen-bond acceptors (Lipinski definition) is 6. The molecule has 0 aliphatic rings. The molecular weight excluding hydrogens is 865 g/mol.